The molecule has 0 fully saturated rings. The summed E-state index contributed by atoms with van der Waals surface area (Å²) in [5.41, 5.74) is 1.68. The van der Waals surface area contributed by atoms with Gasteiger partial charge < -0.3 is 14.5 Å². The van der Waals surface area contributed by atoms with Crippen molar-refractivity contribution in [3.63, 3.8) is 0 Å². The largest absolute Gasteiger partial charge is 0.493 e. The van der Waals surface area contributed by atoms with Crippen LogP contribution in [-0.2, 0) is 0 Å². The summed E-state index contributed by atoms with van der Waals surface area (Å²) in [6.07, 6.45) is 0. The molecule has 5 heteroatoms. The predicted octanol–water partition coefficient (Wildman–Crippen LogP) is 3.39. The van der Waals surface area contributed by atoms with E-state index in [4.69, 9.17) is 9.47 Å². The molecule has 0 aliphatic rings. The molecule has 1 N–H and O–H groups in total. The molecule has 3 rings (SSSR count). The SMILES string of the molecule is COc1cccc(-c2nc3c(F)cccc3[nH]2)c1OC. The predicted molar refractivity (Wildman–Crippen MR) is 74.6 cm³/mol. The van der Waals surface area contributed by atoms with Crippen molar-refractivity contribution in [2.24, 2.45) is 0 Å². The molecule has 3 aromatic rings. The van der Waals surface area contributed by atoms with E-state index in [1.807, 2.05) is 12.1 Å². The van der Waals surface area contributed by atoms with Crippen LogP contribution in [0.3, 0.4) is 0 Å². The van der Waals surface area contributed by atoms with Crippen molar-refractivity contribution >= 4 is 11.0 Å². The Bertz CT molecular complexity index is 768. The highest BCUT2D eigenvalue weighted by molar-refractivity contribution is 5.81. The van der Waals surface area contributed by atoms with Gasteiger partial charge in [0.2, 0.25) is 0 Å². The minimum absolute atomic E-state index is 0.312. The van der Waals surface area contributed by atoms with Gasteiger partial charge >= 0.3 is 0 Å². The number of benzene rings is 2. The van der Waals surface area contributed by atoms with Crippen molar-refractivity contribution in [3.05, 3.63) is 42.2 Å². The summed E-state index contributed by atoms with van der Waals surface area (Å²) in [4.78, 5) is 7.39. The summed E-state index contributed by atoms with van der Waals surface area (Å²) < 4.78 is 24.3. The third kappa shape index (κ3) is 1.87. The Labute approximate surface area is 115 Å². The van der Waals surface area contributed by atoms with Crippen LogP contribution < -0.4 is 9.47 Å². The molecule has 0 saturated heterocycles. The van der Waals surface area contributed by atoms with Crippen LogP contribution in [0.5, 0.6) is 11.5 Å². The maximum atomic E-state index is 13.7. The van der Waals surface area contributed by atoms with Crippen LogP contribution in [0.4, 0.5) is 4.39 Å². The van der Waals surface area contributed by atoms with Crippen LogP contribution in [0, 0.1) is 5.82 Å². The fourth-order valence-corrected chi connectivity index (χ4v) is 2.20. The summed E-state index contributed by atoms with van der Waals surface area (Å²) in [5, 5.41) is 0. The lowest BCUT2D eigenvalue weighted by Gasteiger charge is -2.10. The molecule has 0 aliphatic heterocycles. The second-order valence-corrected chi connectivity index (χ2v) is 4.26. The smallest absolute Gasteiger partial charge is 0.171 e. The molecule has 0 atom stereocenters. The first-order valence-corrected chi connectivity index (χ1v) is 6.10. The Morgan fingerprint density at radius 1 is 1.05 bits per heavy atom. The second-order valence-electron chi connectivity index (χ2n) is 4.26. The van der Waals surface area contributed by atoms with E-state index in [-0.39, 0.29) is 5.82 Å². The van der Waals surface area contributed by atoms with Crippen molar-refractivity contribution < 1.29 is 13.9 Å². The topological polar surface area (TPSA) is 47.1 Å². The molecule has 0 bridgehead atoms. The van der Waals surface area contributed by atoms with Gasteiger partial charge in [-0.3, -0.25) is 0 Å². The van der Waals surface area contributed by atoms with Crippen molar-refractivity contribution in [2.75, 3.05) is 14.2 Å². The first kappa shape index (κ1) is 12.5. The molecular weight excluding hydrogens is 259 g/mol. The van der Waals surface area contributed by atoms with Gasteiger partial charge in [0.1, 0.15) is 11.3 Å². The third-order valence-corrected chi connectivity index (χ3v) is 3.12. The molecule has 0 spiro atoms. The Balaban J connectivity index is 2.23. The zero-order valence-electron chi connectivity index (χ0n) is 11.1. The molecule has 0 amide bonds. The first-order chi connectivity index (χ1) is 9.74. The molecule has 20 heavy (non-hydrogen) atoms. The van der Waals surface area contributed by atoms with Gasteiger partial charge in [-0.1, -0.05) is 12.1 Å². The van der Waals surface area contributed by atoms with Crippen LogP contribution >= 0.6 is 0 Å². The van der Waals surface area contributed by atoms with Crippen LogP contribution in [0.15, 0.2) is 36.4 Å². The van der Waals surface area contributed by atoms with Gasteiger partial charge in [0.05, 0.1) is 25.3 Å². The lowest BCUT2D eigenvalue weighted by atomic mass is 10.1. The summed E-state index contributed by atoms with van der Waals surface area (Å²) in [6, 6.07) is 10.3. The minimum Gasteiger partial charge on any atom is -0.493 e. The van der Waals surface area contributed by atoms with Crippen LogP contribution in [0.1, 0.15) is 0 Å². The van der Waals surface area contributed by atoms with Gasteiger partial charge in [-0.15, -0.1) is 0 Å². The number of methoxy groups -OCH3 is 2. The van der Waals surface area contributed by atoms with E-state index in [1.54, 1.807) is 32.4 Å². The number of aromatic amines is 1. The van der Waals surface area contributed by atoms with E-state index < -0.39 is 0 Å². The van der Waals surface area contributed by atoms with Crippen LogP contribution in [-0.4, -0.2) is 24.2 Å². The first-order valence-electron chi connectivity index (χ1n) is 6.10. The van der Waals surface area contributed by atoms with Gasteiger partial charge in [0, 0.05) is 0 Å². The van der Waals surface area contributed by atoms with Gasteiger partial charge in [-0.25, -0.2) is 9.37 Å². The highest BCUT2D eigenvalue weighted by Crippen LogP contribution is 2.37. The van der Waals surface area contributed by atoms with E-state index >= 15 is 0 Å². The molecule has 4 nitrogen and oxygen atoms in total. The quantitative estimate of drug-likeness (QED) is 0.795. The number of para-hydroxylation sites is 2. The molecule has 102 valence electrons. The highest BCUT2D eigenvalue weighted by Gasteiger charge is 2.15. The van der Waals surface area contributed by atoms with Gasteiger partial charge in [-0.2, -0.15) is 0 Å². The van der Waals surface area contributed by atoms with Crippen molar-refractivity contribution in [3.8, 4) is 22.9 Å². The summed E-state index contributed by atoms with van der Waals surface area (Å²) in [7, 11) is 3.13. The van der Waals surface area contributed by atoms with E-state index in [9.17, 15) is 4.39 Å². The van der Waals surface area contributed by atoms with Crippen molar-refractivity contribution in [1.29, 1.82) is 0 Å². The zero-order valence-corrected chi connectivity index (χ0v) is 11.1. The number of nitrogens with one attached hydrogen (secondary N) is 1. The summed E-state index contributed by atoms with van der Waals surface area (Å²) in [5.74, 6) is 1.35. The number of H-pyrrole nitrogens is 1. The Kier molecular flexibility index (Phi) is 3.02. The van der Waals surface area contributed by atoms with Crippen LogP contribution in [0.25, 0.3) is 22.4 Å². The van der Waals surface area contributed by atoms with Gasteiger partial charge in [-0.05, 0) is 24.3 Å². The van der Waals surface area contributed by atoms with E-state index in [0.29, 0.717) is 28.4 Å². The van der Waals surface area contributed by atoms with E-state index in [0.717, 1.165) is 5.56 Å². The maximum absolute atomic E-state index is 13.7. The fraction of sp³-hybridized carbons (Fsp3) is 0.133. The summed E-state index contributed by atoms with van der Waals surface area (Å²) >= 11 is 0. The molecule has 0 saturated carbocycles. The molecule has 0 radical (unpaired) electrons. The number of hydrogen-bond donors (Lipinski definition) is 1. The Hall–Kier alpha value is -2.56. The number of nitrogens with zero attached hydrogens (tertiary/aromatic N) is 1. The van der Waals surface area contributed by atoms with E-state index in [1.165, 1.54) is 6.07 Å². The summed E-state index contributed by atoms with van der Waals surface area (Å²) in [6.45, 7) is 0. The molecule has 0 unspecified atom stereocenters. The number of halogens is 1. The zero-order chi connectivity index (χ0) is 14.1. The number of ether oxygens (including phenoxy) is 2. The molecule has 0 aliphatic carbocycles. The van der Waals surface area contributed by atoms with Crippen LogP contribution in [0.2, 0.25) is 0 Å². The lowest BCUT2D eigenvalue weighted by molar-refractivity contribution is 0.356. The molecule has 1 heterocycles. The monoisotopic (exact) mass is 272 g/mol. The highest BCUT2D eigenvalue weighted by atomic mass is 19.1. The standard InChI is InChI=1S/C15H13FN2O2/c1-19-12-8-3-5-9(14(12)20-2)15-17-11-7-4-6-10(16)13(11)18-15/h3-8H,1-2H3,(H,17,18). The number of rotatable bonds is 3. The van der Waals surface area contributed by atoms with Gasteiger partial charge in [0.25, 0.3) is 0 Å². The average molecular weight is 272 g/mol. The second kappa shape index (κ2) is 4.85. The lowest BCUT2D eigenvalue weighted by Crippen LogP contribution is -1.93. The van der Waals surface area contributed by atoms with Crippen molar-refractivity contribution in [1.82, 2.24) is 9.97 Å². The fourth-order valence-electron chi connectivity index (χ4n) is 2.20. The van der Waals surface area contributed by atoms with E-state index in [2.05, 4.69) is 9.97 Å². The Morgan fingerprint density at radius 3 is 2.55 bits per heavy atom. The number of hydrogen-bond acceptors (Lipinski definition) is 3. The third-order valence-electron chi connectivity index (χ3n) is 3.12. The number of imidazole rings is 1. The normalized spacial score (nSPS) is 10.8. The molecule has 1 aromatic heterocycles. The average Bonchev–Trinajstić information content (AvgIpc) is 2.91. The minimum atomic E-state index is -0.355. The number of aromatic nitrogens is 2. The number of fused-ring (bicyclic) bond motifs is 1. The maximum Gasteiger partial charge on any atom is 0.171 e. The Morgan fingerprint density at radius 2 is 1.85 bits per heavy atom. The van der Waals surface area contributed by atoms with Crippen molar-refractivity contribution in [2.45, 2.75) is 0 Å². The molecular formula is C15H13FN2O2. The van der Waals surface area contributed by atoms with Gasteiger partial charge in [0.15, 0.2) is 17.3 Å². The molecule has 2 aromatic carbocycles.